The SMILES string of the molecule is CCN(C)C(C(=O)N(C)CCC(=O)O)c1ccccc1. The largest absolute Gasteiger partial charge is 0.481 e. The Balaban J connectivity index is 2.88. The van der Waals surface area contributed by atoms with Gasteiger partial charge in [0.25, 0.3) is 0 Å². The number of likely N-dealkylation sites (N-methyl/N-ethyl adjacent to an activating group) is 2. The minimum Gasteiger partial charge on any atom is -0.481 e. The van der Waals surface area contributed by atoms with Crippen LogP contribution in [-0.2, 0) is 9.59 Å². The fourth-order valence-corrected chi connectivity index (χ4v) is 1.99. The molecule has 1 N–H and O–H groups in total. The van der Waals surface area contributed by atoms with Gasteiger partial charge in [-0.3, -0.25) is 14.5 Å². The van der Waals surface area contributed by atoms with Crippen LogP contribution < -0.4 is 0 Å². The molecule has 0 heterocycles. The van der Waals surface area contributed by atoms with Crippen LogP contribution in [0, 0.1) is 0 Å². The number of carboxylic acids is 1. The minimum atomic E-state index is -0.898. The lowest BCUT2D eigenvalue weighted by Gasteiger charge is -2.30. The van der Waals surface area contributed by atoms with E-state index >= 15 is 0 Å². The van der Waals surface area contributed by atoms with Gasteiger partial charge in [0, 0.05) is 13.6 Å². The van der Waals surface area contributed by atoms with Crippen molar-refractivity contribution in [3.63, 3.8) is 0 Å². The normalized spacial score (nSPS) is 12.2. The van der Waals surface area contributed by atoms with Crippen molar-refractivity contribution < 1.29 is 14.7 Å². The monoisotopic (exact) mass is 278 g/mol. The molecule has 1 atom stereocenters. The summed E-state index contributed by atoms with van der Waals surface area (Å²) in [6.07, 6.45) is -0.0421. The molecule has 5 nitrogen and oxygen atoms in total. The Bertz CT molecular complexity index is 448. The lowest BCUT2D eigenvalue weighted by molar-refractivity contribution is -0.139. The predicted octanol–water partition coefficient (Wildman–Crippen LogP) is 1.61. The van der Waals surface area contributed by atoms with Crippen LogP contribution in [0.1, 0.15) is 24.9 Å². The van der Waals surface area contributed by atoms with Crippen LogP contribution in [0.5, 0.6) is 0 Å². The molecule has 1 aromatic rings. The maximum Gasteiger partial charge on any atom is 0.305 e. The fourth-order valence-electron chi connectivity index (χ4n) is 1.99. The van der Waals surface area contributed by atoms with Crippen LogP contribution in [0.4, 0.5) is 0 Å². The Morgan fingerprint density at radius 3 is 2.30 bits per heavy atom. The van der Waals surface area contributed by atoms with Gasteiger partial charge in [0.1, 0.15) is 6.04 Å². The molecule has 0 aliphatic carbocycles. The third-order valence-corrected chi connectivity index (χ3v) is 3.33. The number of aliphatic carboxylic acids is 1. The van der Waals surface area contributed by atoms with Gasteiger partial charge in [-0.1, -0.05) is 37.3 Å². The average Bonchev–Trinajstić information content (AvgIpc) is 2.45. The Morgan fingerprint density at radius 1 is 1.20 bits per heavy atom. The second-order valence-electron chi connectivity index (χ2n) is 4.79. The highest BCUT2D eigenvalue weighted by Gasteiger charge is 2.27. The highest BCUT2D eigenvalue weighted by atomic mass is 16.4. The average molecular weight is 278 g/mol. The van der Waals surface area contributed by atoms with E-state index in [1.54, 1.807) is 7.05 Å². The van der Waals surface area contributed by atoms with Crippen LogP contribution >= 0.6 is 0 Å². The molecule has 0 saturated carbocycles. The molecule has 1 unspecified atom stereocenters. The molecule has 110 valence electrons. The number of carbonyl (C=O) groups excluding carboxylic acids is 1. The molecule has 0 aliphatic rings. The number of carbonyl (C=O) groups is 2. The van der Waals surface area contributed by atoms with E-state index in [0.717, 1.165) is 12.1 Å². The first-order chi connectivity index (χ1) is 9.47. The van der Waals surface area contributed by atoms with E-state index in [0.29, 0.717) is 0 Å². The highest BCUT2D eigenvalue weighted by Crippen LogP contribution is 2.21. The third-order valence-electron chi connectivity index (χ3n) is 3.33. The molecule has 0 bridgehead atoms. The van der Waals surface area contributed by atoms with E-state index in [1.165, 1.54) is 4.90 Å². The standard InChI is InChI=1S/C15H22N2O3/c1-4-16(2)14(12-8-6-5-7-9-12)15(20)17(3)11-10-13(18)19/h5-9,14H,4,10-11H2,1-3H3,(H,18,19). The van der Waals surface area contributed by atoms with Crippen molar-refractivity contribution in [2.45, 2.75) is 19.4 Å². The summed E-state index contributed by atoms with van der Waals surface area (Å²) < 4.78 is 0. The number of amides is 1. The summed E-state index contributed by atoms with van der Waals surface area (Å²) in [6, 6.07) is 9.16. The van der Waals surface area contributed by atoms with E-state index in [9.17, 15) is 9.59 Å². The summed E-state index contributed by atoms with van der Waals surface area (Å²) in [7, 11) is 3.53. The molecule has 0 aromatic heterocycles. The van der Waals surface area contributed by atoms with Crippen molar-refractivity contribution >= 4 is 11.9 Å². The van der Waals surface area contributed by atoms with Gasteiger partial charge in [-0.05, 0) is 19.2 Å². The number of nitrogens with zero attached hydrogens (tertiary/aromatic N) is 2. The Labute approximate surface area is 119 Å². The summed E-state index contributed by atoms with van der Waals surface area (Å²) in [5.74, 6) is -0.980. The quantitative estimate of drug-likeness (QED) is 0.823. The molecule has 1 aromatic carbocycles. The number of carboxylic acid groups (broad SMARTS) is 1. The van der Waals surface area contributed by atoms with Gasteiger partial charge in [0.05, 0.1) is 6.42 Å². The lowest BCUT2D eigenvalue weighted by Crippen LogP contribution is -2.40. The third kappa shape index (κ3) is 4.35. The van der Waals surface area contributed by atoms with Gasteiger partial charge in [0.15, 0.2) is 0 Å². The topological polar surface area (TPSA) is 60.9 Å². The molecule has 5 heteroatoms. The van der Waals surface area contributed by atoms with Gasteiger partial charge in [-0.25, -0.2) is 0 Å². The number of rotatable bonds is 7. The zero-order valence-electron chi connectivity index (χ0n) is 12.2. The summed E-state index contributed by atoms with van der Waals surface area (Å²) in [5.41, 5.74) is 0.920. The number of hydrogen-bond acceptors (Lipinski definition) is 3. The maximum atomic E-state index is 12.5. The van der Waals surface area contributed by atoms with Gasteiger partial charge in [-0.15, -0.1) is 0 Å². The van der Waals surface area contributed by atoms with Crippen molar-refractivity contribution in [1.29, 1.82) is 0 Å². The second-order valence-corrected chi connectivity index (χ2v) is 4.79. The van der Waals surface area contributed by atoms with Gasteiger partial charge < -0.3 is 10.0 Å². The van der Waals surface area contributed by atoms with Crippen LogP contribution in [0.15, 0.2) is 30.3 Å². The second kappa shape index (κ2) is 7.65. The molecule has 20 heavy (non-hydrogen) atoms. The smallest absolute Gasteiger partial charge is 0.305 e. The molecular formula is C15H22N2O3. The van der Waals surface area contributed by atoms with Crippen molar-refractivity contribution in [2.24, 2.45) is 0 Å². The molecule has 0 fully saturated rings. The van der Waals surface area contributed by atoms with Gasteiger partial charge in [0.2, 0.25) is 5.91 Å². The van der Waals surface area contributed by atoms with E-state index in [-0.39, 0.29) is 24.9 Å². The molecule has 0 radical (unpaired) electrons. The molecule has 0 saturated heterocycles. The number of hydrogen-bond donors (Lipinski definition) is 1. The first kappa shape index (κ1) is 16.2. The molecule has 0 aliphatic heterocycles. The van der Waals surface area contributed by atoms with Gasteiger partial charge >= 0.3 is 5.97 Å². The first-order valence-electron chi connectivity index (χ1n) is 6.69. The lowest BCUT2D eigenvalue weighted by atomic mass is 10.0. The van der Waals surface area contributed by atoms with Crippen LogP contribution in [-0.4, -0.2) is 54.0 Å². The van der Waals surface area contributed by atoms with Gasteiger partial charge in [-0.2, -0.15) is 0 Å². The summed E-state index contributed by atoms with van der Waals surface area (Å²) in [5, 5.41) is 8.71. The summed E-state index contributed by atoms with van der Waals surface area (Å²) in [4.78, 5) is 26.6. The Kier molecular flexibility index (Phi) is 6.18. The Hall–Kier alpha value is -1.88. The molecular weight excluding hydrogens is 256 g/mol. The van der Waals surface area contributed by atoms with Crippen molar-refractivity contribution in [2.75, 3.05) is 27.2 Å². The number of benzene rings is 1. The Morgan fingerprint density at radius 2 is 1.80 bits per heavy atom. The van der Waals surface area contributed by atoms with Crippen LogP contribution in [0.25, 0.3) is 0 Å². The minimum absolute atomic E-state index is 0.0421. The summed E-state index contributed by atoms with van der Waals surface area (Å²) >= 11 is 0. The molecule has 1 rings (SSSR count). The predicted molar refractivity (Wildman–Crippen MR) is 77.4 cm³/mol. The fraction of sp³-hybridized carbons (Fsp3) is 0.467. The first-order valence-corrected chi connectivity index (χ1v) is 6.69. The zero-order valence-corrected chi connectivity index (χ0v) is 12.2. The van der Waals surface area contributed by atoms with E-state index < -0.39 is 5.97 Å². The molecule has 1 amide bonds. The van der Waals surface area contributed by atoms with Crippen LogP contribution in [0.3, 0.4) is 0 Å². The summed E-state index contributed by atoms with van der Waals surface area (Å²) in [6.45, 7) is 2.94. The van der Waals surface area contributed by atoms with E-state index in [1.807, 2.05) is 49.2 Å². The van der Waals surface area contributed by atoms with Crippen LogP contribution in [0.2, 0.25) is 0 Å². The maximum absolute atomic E-state index is 12.5. The van der Waals surface area contributed by atoms with Crippen molar-refractivity contribution in [3.05, 3.63) is 35.9 Å². The van der Waals surface area contributed by atoms with E-state index in [4.69, 9.17) is 5.11 Å². The zero-order chi connectivity index (χ0) is 15.1. The van der Waals surface area contributed by atoms with E-state index in [2.05, 4.69) is 0 Å². The highest BCUT2D eigenvalue weighted by molar-refractivity contribution is 5.83. The van der Waals surface area contributed by atoms with Crippen molar-refractivity contribution in [3.8, 4) is 0 Å². The molecule has 0 spiro atoms. The van der Waals surface area contributed by atoms with Crippen molar-refractivity contribution in [1.82, 2.24) is 9.80 Å².